The van der Waals surface area contributed by atoms with Gasteiger partial charge in [-0.1, -0.05) is 13.8 Å². The first kappa shape index (κ1) is 18.1. The van der Waals surface area contributed by atoms with E-state index in [0.29, 0.717) is 30.6 Å². The minimum Gasteiger partial charge on any atom is -0.383 e. The van der Waals surface area contributed by atoms with E-state index < -0.39 is 10.0 Å². The number of rotatable bonds is 8. The highest BCUT2D eigenvalue weighted by atomic mass is 32.2. The van der Waals surface area contributed by atoms with Gasteiger partial charge in [0.1, 0.15) is 5.00 Å². The smallest absolute Gasteiger partial charge is 0.249 e. The lowest BCUT2D eigenvalue weighted by Crippen LogP contribution is -2.32. The number of methoxy groups -OCH3 is 1. The molecule has 0 unspecified atom stereocenters. The van der Waals surface area contributed by atoms with E-state index in [1.165, 1.54) is 14.1 Å². The lowest BCUT2D eigenvalue weighted by atomic mass is 10.2. The predicted octanol–water partition coefficient (Wildman–Crippen LogP) is 1.08. The maximum absolute atomic E-state index is 12.5. The second kappa shape index (κ2) is 7.39. The average Bonchev–Trinajstić information content (AvgIpc) is 2.76. The minimum atomic E-state index is -3.63. The van der Waals surface area contributed by atoms with E-state index in [1.54, 1.807) is 7.11 Å². The number of aromatic nitrogens is 1. The topological polar surface area (TPSA) is 88.8 Å². The van der Waals surface area contributed by atoms with Crippen molar-refractivity contribution >= 4 is 32.4 Å². The summed E-state index contributed by atoms with van der Waals surface area (Å²) in [6.45, 7) is 5.95. The maximum Gasteiger partial charge on any atom is 0.249 e. The fraction of sp³-hybridized carbons (Fsp3) is 0.750. The molecule has 0 aliphatic heterocycles. The van der Waals surface area contributed by atoms with Crippen LogP contribution >= 0.6 is 11.5 Å². The zero-order chi connectivity index (χ0) is 16.2. The molecular formula is C12H24N4O3S2. The Hall–Kier alpha value is -0.900. The van der Waals surface area contributed by atoms with Crippen molar-refractivity contribution in [1.29, 1.82) is 0 Å². The third kappa shape index (κ3) is 4.29. The van der Waals surface area contributed by atoms with E-state index in [-0.39, 0.29) is 10.7 Å². The van der Waals surface area contributed by atoms with Crippen LogP contribution in [0, 0.1) is 5.92 Å². The van der Waals surface area contributed by atoms with Gasteiger partial charge in [0.25, 0.3) is 0 Å². The van der Waals surface area contributed by atoms with Crippen LogP contribution in [0.2, 0.25) is 0 Å². The van der Waals surface area contributed by atoms with E-state index >= 15 is 0 Å². The highest BCUT2D eigenvalue weighted by Crippen LogP contribution is 2.36. The summed E-state index contributed by atoms with van der Waals surface area (Å²) in [4.78, 5) is 2.06. The number of ether oxygens (including phenoxy) is 1. The highest BCUT2D eigenvalue weighted by molar-refractivity contribution is 7.89. The van der Waals surface area contributed by atoms with Crippen LogP contribution in [-0.2, 0) is 14.8 Å². The van der Waals surface area contributed by atoms with Crippen LogP contribution in [0.1, 0.15) is 13.8 Å². The molecule has 7 nitrogen and oxygen atoms in total. The third-order valence-electron chi connectivity index (χ3n) is 2.83. The van der Waals surface area contributed by atoms with Gasteiger partial charge in [0.05, 0.1) is 6.61 Å². The molecule has 0 bridgehead atoms. The van der Waals surface area contributed by atoms with Crippen molar-refractivity contribution in [3.8, 4) is 0 Å². The second-order valence-electron chi connectivity index (χ2n) is 5.32. The van der Waals surface area contributed by atoms with E-state index in [0.717, 1.165) is 15.8 Å². The molecule has 0 saturated carbocycles. The lowest BCUT2D eigenvalue weighted by molar-refractivity contribution is 0.204. The number of nitrogens with zero attached hydrogens (tertiary/aromatic N) is 3. The summed E-state index contributed by atoms with van der Waals surface area (Å²) in [7, 11) is 0.959. The van der Waals surface area contributed by atoms with Crippen molar-refractivity contribution in [3.05, 3.63) is 0 Å². The van der Waals surface area contributed by atoms with E-state index in [2.05, 4.69) is 18.2 Å². The quantitative estimate of drug-likeness (QED) is 0.764. The highest BCUT2D eigenvalue weighted by Gasteiger charge is 2.30. The van der Waals surface area contributed by atoms with Gasteiger partial charge in [-0.15, -0.1) is 0 Å². The van der Waals surface area contributed by atoms with Crippen molar-refractivity contribution in [2.45, 2.75) is 18.7 Å². The van der Waals surface area contributed by atoms with Crippen LogP contribution in [0.25, 0.3) is 0 Å². The lowest BCUT2D eigenvalue weighted by Gasteiger charge is -2.26. The van der Waals surface area contributed by atoms with Crippen LogP contribution in [0.5, 0.6) is 0 Å². The van der Waals surface area contributed by atoms with Crippen molar-refractivity contribution < 1.29 is 13.2 Å². The number of nitrogen functional groups attached to an aromatic ring is 1. The Morgan fingerprint density at radius 3 is 2.48 bits per heavy atom. The van der Waals surface area contributed by atoms with Crippen LogP contribution in [0.3, 0.4) is 0 Å². The Balaban J connectivity index is 3.27. The first-order valence-corrected chi connectivity index (χ1v) is 8.84. The van der Waals surface area contributed by atoms with Crippen molar-refractivity contribution in [2.75, 3.05) is 51.5 Å². The molecule has 0 aliphatic rings. The number of hydrogen-bond acceptors (Lipinski definition) is 7. The molecule has 0 aliphatic carbocycles. The Morgan fingerprint density at radius 1 is 1.38 bits per heavy atom. The van der Waals surface area contributed by atoms with Crippen LogP contribution in [-0.4, -0.2) is 58.0 Å². The summed E-state index contributed by atoms with van der Waals surface area (Å²) in [5, 5.41) is 0.576. The second-order valence-corrected chi connectivity index (χ2v) is 8.16. The molecule has 21 heavy (non-hydrogen) atoms. The van der Waals surface area contributed by atoms with Crippen LogP contribution < -0.4 is 10.6 Å². The summed E-state index contributed by atoms with van der Waals surface area (Å²) < 4.78 is 35.2. The van der Waals surface area contributed by atoms with Gasteiger partial charge < -0.3 is 15.4 Å². The first-order chi connectivity index (χ1) is 9.71. The SMILES string of the molecule is COCCN(CC(C)C)c1snc(N)c1S(=O)(=O)N(C)C. The van der Waals surface area contributed by atoms with Gasteiger partial charge in [-0.3, -0.25) is 0 Å². The molecule has 0 saturated heterocycles. The Morgan fingerprint density at radius 2 is 2.00 bits per heavy atom. The molecule has 0 amide bonds. The fourth-order valence-electron chi connectivity index (χ4n) is 1.83. The fourth-order valence-corrected chi connectivity index (χ4v) is 4.08. The van der Waals surface area contributed by atoms with Crippen molar-refractivity contribution in [1.82, 2.24) is 8.68 Å². The Labute approximate surface area is 130 Å². The van der Waals surface area contributed by atoms with Gasteiger partial charge in [-0.05, 0) is 17.5 Å². The maximum atomic E-state index is 12.5. The van der Waals surface area contributed by atoms with E-state index in [4.69, 9.17) is 10.5 Å². The van der Waals surface area contributed by atoms with Gasteiger partial charge in [0.2, 0.25) is 10.0 Å². The molecule has 0 atom stereocenters. The summed E-state index contributed by atoms with van der Waals surface area (Å²) in [5.74, 6) is 0.426. The van der Waals surface area contributed by atoms with Gasteiger partial charge >= 0.3 is 0 Å². The van der Waals surface area contributed by atoms with E-state index in [1.807, 2.05) is 4.90 Å². The normalized spacial score (nSPS) is 12.3. The first-order valence-electron chi connectivity index (χ1n) is 6.63. The van der Waals surface area contributed by atoms with Gasteiger partial charge in [0.15, 0.2) is 10.7 Å². The molecular weight excluding hydrogens is 312 g/mol. The molecule has 1 aromatic rings. The van der Waals surface area contributed by atoms with Crippen molar-refractivity contribution in [3.63, 3.8) is 0 Å². The number of nitrogens with two attached hydrogens (primary N) is 1. The molecule has 0 spiro atoms. The molecule has 1 aromatic heterocycles. The zero-order valence-electron chi connectivity index (χ0n) is 13.2. The summed E-state index contributed by atoms with van der Waals surface area (Å²) in [6, 6.07) is 0. The number of anilines is 2. The Bertz CT molecular complexity index is 555. The van der Waals surface area contributed by atoms with Gasteiger partial charge in [0, 0.05) is 34.3 Å². The van der Waals surface area contributed by atoms with Crippen molar-refractivity contribution in [2.24, 2.45) is 5.92 Å². The number of sulfonamides is 1. The molecule has 122 valence electrons. The number of hydrogen-bond donors (Lipinski definition) is 1. The standard InChI is InChI=1S/C12H24N4O3S2/c1-9(2)8-16(6-7-19-5)12-10(11(13)14-20-12)21(17,18)15(3)4/h9H,6-8H2,1-5H3,(H2,13,14). The average molecular weight is 336 g/mol. The molecule has 9 heteroatoms. The molecule has 0 aromatic carbocycles. The predicted molar refractivity (Wildman–Crippen MR) is 86.3 cm³/mol. The molecule has 2 N–H and O–H groups in total. The Kier molecular flexibility index (Phi) is 6.39. The molecule has 0 radical (unpaired) electrons. The molecule has 1 heterocycles. The van der Waals surface area contributed by atoms with Crippen LogP contribution in [0.15, 0.2) is 4.90 Å². The van der Waals surface area contributed by atoms with Crippen LogP contribution in [0.4, 0.5) is 10.8 Å². The third-order valence-corrected chi connectivity index (χ3v) is 5.77. The molecule has 0 fully saturated rings. The van der Waals surface area contributed by atoms with Gasteiger partial charge in [-0.2, -0.15) is 4.37 Å². The monoisotopic (exact) mass is 336 g/mol. The van der Waals surface area contributed by atoms with E-state index in [9.17, 15) is 8.42 Å². The summed E-state index contributed by atoms with van der Waals surface area (Å²) in [6.07, 6.45) is 0. The molecule has 1 rings (SSSR count). The van der Waals surface area contributed by atoms with Gasteiger partial charge in [-0.25, -0.2) is 12.7 Å². The summed E-state index contributed by atoms with van der Waals surface area (Å²) >= 11 is 1.11. The largest absolute Gasteiger partial charge is 0.383 e. The minimum absolute atomic E-state index is 0.0508. The summed E-state index contributed by atoms with van der Waals surface area (Å²) in [5.41, 5.74) is 5.80. The zero-order valence-corrected chi connectivity index (χ0v) is 14.8.